The molecule has 1 aromatic rings. The van der Waals surface area contributed by atoms with Gasteiger partial charge in [0.25, 0.3) is 0 Å². The van der Waals surface area contributed by atoms with E-state index in [4.69, 9.17) is 10.5 Å². The standard InChI is InChI=1S/C12H21NOS2/c1-9-5-6-11(16-9)12(10(2)13)15-8-4-7-14-3/h5-6,10,12H,4,7-8,13H2,1-3H3. The lowest BCUT2D eigenvalue weighted by Crippen LogP contribution is -2.22. The average molecular weight is 259 g/mol. The Morgan fingerprint density at radius 3 is 2.75 bits per heavy atom. The van der Waals surface area contributed by atoms with E-state index in [1.165, 1.54) is 9.75 Å². The summed E-state index contributed by atoms with van der Waals surface area (Å²) in [5, 5.41) is 0.426. The lowest BCUT2D eigenvalue weighted by molar-refractivity contribution is 0.200. The van der Waals surface area contributed by atoms with Gasteiger partial charge in [-0.05, 0) is 38.2 Å². The first-order chi connectivity index (χ1) is 7.65. The summed E-state index contributed by atoms with van der Waals surface area (Å²) in [5.41, 5.74) is 6.05. The molecule has 0 saturated heterocycles. The second-order valence-corrected chi connectivity index (χ2v) is 6.51. The van der Waals surface area contributed by atoms with Gasteiger partial charge in [-0.3, -0.25) is 0 Å². The van der Waals surface area contributed by atoms with E-state index in [0.29, 0.717) is 5.25 Å². The Morgan fingerprint density at radius 1 is 1.50 bits per heavy atom. The third-order valence-corrected chi connectivity index (χ3v) is 5.11. The van der Waals surface area contributed by atoms with Crippen molar-refractivity contribution in [2.45, 2.75) is 31.6 Å². The van der Waals surface area contributed by atoms with Gasteiger partial charge in [-0.25, -0.2) is 0 Å². The maximum atomic E-state index is 6.05. The number of ether oxygens (including phenoxy) is 1. The molecule has 4 heteroatoms. The normalized spacial score (nSPS) is 15.0. The Kier molecular flexibility index (Phi) is 6.43. The van der Waals surface area contributed by atoms with Gasteiger partial charge in [0.1, 0.15) is 0 Å². The van der Waals surface area contributed by atoms with Crippen LogP contribution in [0.1, 0.15) is 28.3 Å². The molecule has 0 fully saturated rings. The molecule has 0 amide bonds. The largest absolute Gasteiger partial charge is 0.385 e. The van der Waals surface area contributed by atoms with Crippen LogP contribution in [-0.2, 0) is 4.74 Å². The number of rotatable bonds is 7. The highest BCUT2D eigenvalue weighted by Gasteiger charge is 2.17. The topological polar surface area (TPSA) is 35.2 Å². The summed E-state index contributed by atoms with van der Waals surface area (Å²) in [6, 6.07) is 4.58. The number of nitrogens with two attached hydrogens (primary N) is 1. The highest BCUT2D eigenvalue weighted by atomic mass is 32.2. The molecule has 0 radical (unpaired) electrons. The first-order valence-electron chi connectivity index (χ1n) is 5.57. The Bertz CT molecular complexity index is 299. The van der Waals surface area contributed by atoms with Crippen LogP contribution >= 0.6 is 23.1 Å². The molecule has 1 aromatic heterocycles. The molecule has 1 rings (SSSR count). The molecule has 0 aromatic carbocycles. The number of thioether (sulfide) groups is 1. The van der Waals surface area contributed by atoms with Crippen molar-refractivity contribution in [3.63, 3.8) is 0 Å². The van der Waals surface area contributed by atoms with E-state index >= 15 is 0 Å². The van der Waals surface area contributed by atoms with Crippen molar-refractivity contribution in [3.05, 3.63) is 21.9 Å². The molecular formula is C12H21NOS2. The van der Waals surface area contributed by atoms with Gasteiger partial charge in [0.2, 0.25) is 0 Å². The third-order valence-electron chi connectivity index (χ3n) is 2.31. The van der Waals surface area contributed by atoms with Crippen molar-refractivity contribution in [2.75, 3.05) is 19.5 Å². The van der Waals surface area contributed by atoms with Crippen molar-refractivity contribution in [2.24, 2.45) is 5.73 Å². The van der Waals surface area contributed by atoms with Gasteiger partial charge in [0, 0.05) is 29.5 Å². The van der Waals surface area contributed by atoms with E-state index in [-0.39, 0.29) is 6.04 Å². The van der Waals surface area contributed by atoms with Gasteiger partial charge in [-0.15, -0.1) is 11.3 Å². The number of methoxy groups -OCH3 is 1. The quantitative estimate of drug-likeness (QED) is 0.764. The maximum Gasteiger partial charge on any atom is 0.0539 e. The molecule has 92 valence electrons. The Balaban J connectivity index is 2.48. The van der Waals surface area contributed by atoms with Crippen LogP contribution in [0.5, 0.6) is 0 Å². The third kappa shape index (κ3) is 4.45. The first-order valence-corrected chi connectivity index (χ1v) is 7.44. The van der Waals surface area contributed by atoms with Crippen molar-refractivity contribution in [3.8, 4) is 0 Å². The predicted octanol–water partition coefficient (Wildman–Crippen LogP) is 3.21. The maximum absolute atomic E-state index is 6.05. The fourth-order valence-electron chi connectivity index (χ4n) is 1.51. The molecule has 0 saturated carbocycles. The minimum atomic E-state index is 0.200. The van der Waals surface area contributed by atoms with Gasteiger partial charge in [0.05, 0.1) is 5.25 Å². The second-order valence-electron chi connectivity index (χ2n) is 3.95. The zero-order valence-corrected chi connectivity index (χ0v) is 11.9. The second kappa shape index (κ2) is 7.33. The number of aryl methyl sites for hydroxylation is 1. The molecule has 1 heterocycles. The van der Waals surface area contributed by atoms with E-state index in [0.717, 1.165) is 18.8 Å². The van der Waals surface area contributed by atoms with Crippen LogP contribution in [0.2, 0.25) is 0 Å². The van der Waals surface area contributed by atoms with Gasteiger partial charge in [-0.2, -0.15) is 11.8 Å². The molecule has 0 aliphatic rings. The molecule has 2 N–H and O–H groups in total. The predicted molar refractivity (Wildman–Crippen MR) is 74.4 cm³/mol. The molecule has 0 spiro atoms. The fraction of sp³-hybridized carbons (Fsp3) is 0.667. The van der Waals surface area contributed by atoms with Crippen molar-refractivity contribution in [1.29, 1.82) is 0 Å². The number of hydrogen-bond donors (Lipinski definition) is 1. The molecule has 16 heavy (non-hydrogen) atoms. The lowest BCUT2D eigenvalue weighted by Gasteiger charge is -2.18. The van der Waals surface area contributed by atoms with Crippen molar-refractivity contribution < 1.29 is 4.74 Å². The molecule has 2 atom stereocenters. The SMILES string of the molecule is COCCCSC(c1ccc(C)s1)C(C)N. The summed E-state index contributed by atoms with van der Waals surface area (Å²) < 4.78 is 5.05. The minimum absolute atomic E-state index is 0.200. The van der Waals surface area contributed by atoms with Crippen molar-refractivity contribution in [1.82, 2.24) is 0 Å². The summed E-state index contributed by atoms with van der Waals surface area (Å²) in [4.78, 5) is 2.76. The van der Waals surface area contributed by atoms with Crippen molar-refractivity contribution >= 4 is 23.1 Å². The Morgan fingerprint density at radius 2 is 2.25 bits per heavy atom. The van der Waals surface area contributed by atoms with Crippen LogP contribution in [0.3, 0.4) is 0 Å². The Hall–Kier alpha value is -0.0300. The lowest BCUT2D eigenvalue weighted by atomic mass is 10.2. The summed E-state index contributed by atoms with van der Waals surface area (Å²) >= 11 is 3.80. The fourth-order valence-corrected chi connectivity index (χ4v) is 3.92. The highest BCUT2D eigenvalue weighted by molar-refractivity contribution is 7.99. The molecule has 2 unspecified atom stereocenters. The van der Waals surface area contributed by atoms with Crippen LogP contribution in [0, 0.1) is 6.92 Å². The van der Waals surface area contributed by atoms with Gasteiger partial charge in [-0.1, -0.05) is 0 Å². The van der Waals surface area contributed by atoms with Crippen LogP contribution in [-0.4, -0.2) is 25.5 Å². The summed E-state index contributed by atoms with van der Waals surface area (Å²) in [7, 11) is 1.75. The highest BCUT2D eigenvalue weighted by Crippen LogP contribution is 2.35. The van der Waals surface area contributed by atoms with Crippen LogP contribution in [0.4, 0.5) is 0 Å². The van der Waals surface area contributed by atoms with Crippen LogP contribution in [0.25, 0.3) is 0 Å². The molecule has 0 bridgehead atoms. The minimum Gasteiger partial charge on any atom is -0.385 e. The zero-order chi connectivity index (χ0) is 12.0. The van der Waals surface area contributed by atoms with E-state index < -0.39 is 0 Å². The Labute approximate surface area is 107 Å². The van der Waals surface area contributed by atoms with Gasteiger partial charge < -0.3 is 10.5 Å². The number of hydrogen-bond acceptors (Lipinski definition) is 4. The molecule has 0 aliphatic heterocycles. The number of thiophene rings is 1. The van der Waals surface area contributed by atoms with E-state index in [9.17, 15) is 0 Å². The molecule has 2 nitrogen and oxygen atoms in total. The molecule has 0 aliphatic carbocycles. The van der Waals surface area contributed by atoms with E-state index in [1.54, 1.807) is 7.11 Å². The van der Waals surface area contributed by atoms with Crippen LogP contribution in [0.15, 0.2) is 12.1 Å². The first kappa shape index (κ1) is 14.0. The zero-order valence-electron chi connectivity index (χ0n) is 10.2. The van der Waals surface area contributed by atoms with Gasteiger partial charge in [0.15, 0.2) is 0 Å². The van der Waals surface area contributed by atoms with E-state index in [2.05, 4.69) is 26.0 Å². The van der Waals surface area contributed by atoms with Crippen LogP contribution < -0.4 is 5.73 Å². The smallest absolute Gasteiger partial charge is 0.0539 e. The average Bonchev–Trinajstić information content (AvgIpc) is 2.64. The summed E-state index contributed by atoms with van der Waals surface area (Å²) in [6.07, 6.45) is 1.09. The molecular weight excluding hydrogens is 238 g/mol. The van der Waals surface area contributed by atoms with Gasteiger partial charge >= 0.3 is 0 Å². The summed E-state index contributed by atoms with van der Waals surface area (Å²) in [6.45, 7) is 5.06. The summed E-state index contributed by atoms with van der Waals surface area (Å²) in [5.74, 6) is 1.11. The van der Waals surface area contributed by atoms with E-state index in [1.807, 2.05) is 23.1 Å². The monoisotopic (exact) mass is 259 g/mol.